The van der Waals surface area contributed by atoms with Crippen molar-refractivity contribution >= 4 is 41.1 Å². The van der Waals surface area contributed by atoms with Crippen LogP contribution < -0.4 is 0 Å². The molecule has 0 aromatic heterocycles. The molecule has 0 heterocycles. The maximum absolute atomic E-state index is 9.56. The topological polar surface area (TPSA) is 169 Å². The Kier molecular flexibility index (Phi) is 21.8. The summed E-state index contributed by atoms with van der Waals surface area (Å²) in [7, 11) is -3.66. The van der Waals surface area contributed by atoms with E-state index in [4.69, 9.17) is 32.9 Å². The Morgan fingerprint density at radius 3 is 1.33 bits per heavy atom. The Morgan fingerprint density at radius 1 is 1.27 bits per heavy atom. The van der Waals surface area contributed by atoms with E-state index in [9.17, 15) is 8.42 Å². The van der Waals surface area contributed by atoms with E-state index >= 15 is 0 Å². The molecule has 0 saturated heterocycles. The van der Waals surface area contributed by atoms with Gasteiger partial charge in [-0.25, -0.2) is 4.79 Å². The van der Waals surface area contributed by atoms with Gasteiger partial charge in [-0.05, 0) is 6.92 Å². The monoisotopic (exact) mass is 286 g/mol. The van der Waals surface area contributed by atoms with Gasteiger partial charge in [0, 0.05) is 13.5 Å². The predicted molar refractivity (Wildman–Crippen MR) is 53.7 cm³/mol. The second-order valence-corrected chi connectivity index (χ2v) is 3.59. The fourth-order valence-electron chi connectivity index (χ4n) is 0. The molecule has 0 atom stereocenters. The molecule has 0 saturated carbocycles. The zero-order valence-electron chi connectivity index (χ0n) is 7.30. The van der Waals surface area contributed by atoms with Crippen molar-refractivity contribution in [1.82, 2.24) is 0 Å². The minimum atomic E-state index is -3.66. The Labute approximate surface area is 95.4 Å². The van der Waals surface area contributed by atoms with Crippen molar-refractivity contribution in [3.8, 4) is 0 Å². The molecule has 0 aliphatic carbocycles. The van der Waals surface area contributed by atoms with Crippen LogP contribution in [0.15, 0.2) is 0 Å². The van der Waals surface area contributed by atoms with Gasteiger partial charge >= 0.3 is 6.16 Å². The molecule has 94 valence electrons. The number of hydrogen-bond acceptors (Lipinski definition) is 4. The Bertz CT molecular complexity index is 236. The normalized spacial score (nSPS) is 8.60. The summed E-state index contributed by atoms with van der Waals surface area (Å²) in [6.07, 6.45) is -1.83. The van der Waals surface area contributed by atoms with E-state index in [2.05, 4.69) is 0 Å². The lowest BCUT2D eigenvalue weighted by Crippen LogP contribution is -1.97. The van der Waals surface area contributed by atoms with Crippen LogP contribution in [0.25, 0.3) is 0 Å². The van der Waals surface area contributed by atoms with E-state index < -0.39 is 27.6 Å². The highest BCUT2D eigenvalue weighted by atomic mass is 32.2. The summed E-state index contributed by atoms with van der Waals surface area (Å²) in [4.78, 5) is 8.56. The van der Waals surface area contributed by atoms with E-state index in [0.29, 0.717) is 0 Å². The molecule has 15 heavy (non-hydrogen) atoms. The van der Waals surface area contributed by atoms with Gasteiger partial charge in [0.1, 0.15) is 0 Å². The van der Waals surface area contributed by atoms with Crippen molar-refractivity contribution in [2.24, 2.45) is 0 Å². The van der Waals surface area contributed by atoms with Crippen molar-refractivity contribution in [2.45, 2.75) is 6.92 Å². The molecule has 0 unspecified atom stereocenters. The van der Waals surface area contributed by atoms with Crippen LogP contribution in [0.5, 0.6) is 0 Å². The Balaban J connectivity index is -0.0000000606. The standard InChI is InChI=1S/C2H6O3S.CH2O3.H2O3S.S/c1-2-6(3,4)5;2-1(3)4;1-4(2)3;/h2H2,1H3,(H,3,4,5);(H2,2,3,4);(H2,1,2,3);. The zero-order valence-corrected chi connectivity index (χ0v) is 9.75. The first-order chi connectivity index (χ1) is 6.02. The van der Waals surface area contributed by atoms with Crippen LogP contribution >= 0.6 is 13.5 Å². The number of carbonyl (C=O) groups is 1. The summed E-state index contributed by atoms with van der Waals surface area (Å²) in [5.41, 5.74) is 0. The van der Waals surface area contributed by atoms with E-state index in [1.807, 2.05) is 0 Å². The molecule has 0 amide bonds. The summed E-state index contributed by atoms with van der Waals surface area (Å²) >= 11 is -2.61. The van der Waals surface area contributed by atoms with Gasteiger partial charge in [-0.3, -0.25) is 13.7 Å². The fourth-order valence-corrected chi connectivity index (χ4v) is 0. The highest BCUT2D eigenvalue weighted by molar-refractivity contribution is 7.85. The molecule has 0 fully saturated rings. The molecule has 0 aliphatic rings. The number of carboxylic acid groups (broad SMARTS) is 2. The summed E-state index contributed by atoms with van der Waals surface area (Å²) < 4.78 is 49.7. The summed E-state index contributed by atoms with van der Waals surface area (Å²) in [5, 5.41) is 13.9. The quantitative estimate of drug-likeness (QED) is 0.339. The summed E-state index contributed by atoms with van der Waals surface area (Å²) in [5.74, 6) is -0.201. The lowest BCUT2D eigenvalue weighted by molar-refractivity contribution is 0.137. The van der Waals surface area contributed by atoms with Crippen LogP contribution in [0.2, 0.25) is 0 Å². The molecule has 0 bridgehead atoms. The van der Waals surface area contributed by atoms with E-state index in [1.54, 1.807) is 0 Å². The van der Waals surface area contributed by atoms with Crippen molar-refractivity contribution in [1.29, 1.82) is 0 Å². The predicted octanol–water partition coefficient (Wildman–Crippen LogP) is 0.446. The Morgan fingerprint density at radius 2 is 1.33 bits per heavy atom. The second kappa shape index (κ2) is 13.6. The lowest BCUT2D eigenvalue weighted by atomic mass is 11.0. The molecule has 0 spiro atoms. The van der Waals surface area contributed by atoms with Crippen molar-refractivity contribution < 1.29 is 41.3 Å². The lowest BCUT2D eigenvalue weighted by Gasteiger charge is -1.79. The van der Waals surface area contributed by atoms with Crippen molar-refractivity contribution in [3.05, 3.63) is 0 Å². The minimum Gasteiger partial charge on any atom is -0.450 e. The van der Waals surface area contributed by atoms with Gasteiger partial charge < -0.3 is 10.2 Å². The van der Waals surface area contributed by atoms with Crippen LogP contribution in [-0.2, 0) is 21.5 Å². The molecule has 0 rings (SSSR count). The maximum Gasteiger partial charge on any atom is 0.503 e. The maximum atomic E-state index is 9.56. The highest BCUT2D eigenvalue weighted by Crippen LogP contribution is 1.74. The van der Waals surface area contributed by atoms with Crippen LogP contribution in [-0.4, -0.2) is 48.4 Å². The highest BCUT2D eigenvalue weighted by Gasteiger charge is 1.93. The van der Waals surface area contributed by atoms with Gasteiger partial charge in [0.15, 0.2) is 0 Å². The summed E-state index contributed by atoms with van der Waals surface area (Å²) in [6, 6.07) is 0. The molecule has 0 aliphatic heterocycles. The first kappa shape index (κ1) is 24.0. The largest absolute Gasteiger partial charge is 0.503 e. The first-order valence-corrected chi connectivity index (χ1v) is 5.37. The van der Waals surface area contributed by atoms with Crippen LogP contribution in [0, 0.1) is 0 Å². The fraction of sp³-hybridized carbons (Fsp3) is 0.667. The van der Waals surface area contributed by atoms with E-state index in [1.165, 1.54) is 6.92 Å². The number of hydrogen-bond donors (Lipinski definition) is 5. The average Bonchev–Trinajstić information content (AvgIpc) is 1.83. The molecular weight excluding hydrogens is 276 g/mol. The van der Waals surface area contributed by atoms with Crippen molar-refractivity contribution in [3.63, 3.8) is 0 Å². The smallest absolute Gasteiger partial charge is 0.450 e. The molecule has 9 nitrogen and oxygen atoms in total. The summed E-state index contributed by atoms with van der Waals surface area (Å²) in [6.45, 7) is 1.37. The molecule has 0 aromatic rings. The van der Waals surface area contributed by atoms with Gasteiger partial charge in [-0.15, -0.1) is 0 Å². The van der Waals surface area contributed by atoms with Gasteiger partial charge in [0.05, 0.1) is 5.75 Å². The van der Waals surface area contributed by atoms with Crippen LogP contribution in [0.1, 0.15) is 6.92 Å². The second-order valence-electron chi connectivity index (χ2n) is 1.38. The molecule has 5 N–H and O–H groups in total. The third kappa shape index (κ3) is 271. The Hall–Kier alpha value is -0.400. The van der Waals surface area contributed by atoms with E-state index in [-0.39, 0.29) is 19.2 Å². The van der Waals surface area contributed by atoms with Crippen LogP contribution in [0.3, 0.4) is 0 Å². The third-order valence-electron chi connectivity index (χ3n) is 0.365. The zero-order chi connectivity index (χ0) is 12.4. The molecule has 12 heteroatoms. The molecule has 0 aromatic carbocycles. The average molecular weight is 286 g/mol. The van der Waals surface area contributed by atoms with E-state index in [0.717, 1.165) is 0 Å². The van der Waals surface area contributed by atoms with Gasteiger partial charge in [0.2, 0.25) is 0 Å². The SMILES string of the molecule is CCS(=O)(=O)O.O=C(O)O.O=S(O)O.[S]. The molecular formula is C3H10O9S3. The van der Waals surface area contributed by atoms with Gasteiger partial charge in [0.25, 0.3) is 21.5 Å². The first-order valence-electron chi connectivity index (χ1n) is 2.69. The van der Waals surface area contributed by atoms with Gasteiger partial charge in [-0.1, -0.05) is 0 Å². The van der Waals surface area contributed by atoms with Gasteiger partial charge in [-0.2, -0.15) is 12.6 Å². The van der Waals surface area contributed by atoms with Crippen LogP contribution in [0.4, 0.5) is 4.79 Å². The minimum absolute atomic E-state index is 0. The molecule has 2 radical (unpaired) electrons. The third-order valence-corrected chi connectivity index (χ3v) is 1.09. The number of rotatable bonds is 1. The van der Waals surface area contributed by atoms with Crippen molar-refractivity contribution in [2.75, 3.05) is 5.75 Å².